The number of nitrogens with zero attached hydrogens (tertiary/aromatic N) is 1. The minimum Gasteiger partial charge on any atom is -0.261 e. The van der Waals surface area contributed by atoms with Gasteiger partial charge in [-0.25, -0.2) is 0 Å². The van der Waals surface area contributed by atoms with Crippen LogP contribution >= 0.6 is 0 Å². The van der Waals surface area contributed by atoms with E-state index in [1.165, 1.54) is 11.3 Å². The van der Waals surface area contributed by atoms with Crippen LogP contribution in [0.3, 0.4) is 0 Å². The molecule has 0 saturated heterocycles. The average Bonchev–Trinajstić information content (AvgIpc) is 2.30. The van der Waals surface area contributed by atoms with Crippen LogP contribution in [0.1, 0.15) is 25.3 Å². The summed E-state index contributed by atoms with van der Waals surface area (Å²) in [6.45, 7) is 2.16. The molecule has 0 radical (unpaired) electrons. The highest BCUT2D eigenvalue weighted by molar-refractivity contribution is 5.80. The van der Waals surface area contributed by atoms with Gasteiger partial charge in [-0.3, -0.25) is 4.99 Å². The summed E-state index contributed by atoms with van der Waals surface area (Å²) in [7, 11) is 0. The Kier molecular flexibility index (Phi) is 3.13. The molecule has 2 rings (SSSR count). The van der Waals surface area contributed by atoms with Crippen LogP contribution in [-0.4, -0.2) is 6.21 Å². The van der Waals surface area contributed by atoms with Crippen molar-refractivity contribution in [3.8, 4) is 0 Å². The lowest BCUT2D eigenvalue weighted by atomic mass is 10.0. The van der Waals surface area contributed by atoms with Crippen molar-refractivity contribution in [2.75, 3.05) is 0 Å². The number of rotatable bonds is 2. The molecule has 0 fully saturated rings. The van der Waals surface area contributed by atoms with Gasteiger partial charge in [-0.1, -0.05) is 42.0 Å². The first-order valence-corrected chi connectivity index (χ1v) is 5.30. The van der Waals surface area contributed by atoms with E-state index in [2.05, 4.69) is 36.2 Å². The fourth-order valence-corrected chi connectivity index (χ4v) is 1.53. The van der Waals surface area contributed by atoms with Crippen LogP contribution in [0.4, 0.5) is 0 Å². The molecule has 0 N–H and O–H groups in total. The first kappa shape index (κ1) is 9.91. The Hall–Kier alpha value is -1.63. The highest BCUT2D eigenvalue weighted by Gasteiger charge is 2.00. The van der Waals surface area contributed by atoms with E-state index < -0.39 is 0 Å². The minimum absolute atomic E-state index is 1.06. The molecule has 0 atom stereocenters. The minimum atomic E-state index is 1.06. The van der Waals surface area contributed by atoms with Crippen molar-refractivity contribution in [1.82, 2.24) is 0 Å². The second-order valence-corrected chi connectivity index (χ2v) is 3.84. The molecule has 1 heteroatoms. The fourth-order valence-electron chi connectivity index (χ4n) is 1.53. The van der Waals surface area contributed by atoms with Crippen LogP contribution in [0.15, 0.2) is 58.7 Å². The molecule has 0 spiro atoms. The van der Waals surface area contributed by atoms with E-state index in [0.29, 0.717) is 0 Å². The number of benzene rings is 1. The first-order valence-electron chi connectivity index (χ1n) is 5.30. The smallest absolute Gasteiger partial charge is 0.0407 e. The van der Waals surface area contributed by atoms with Gasteiger partial charge < -0.3 is 0 Å². The zero-order chi connectivity index (χ0) is 10.5. The molecule has 0 aliphatic heterocycles. The number of aliphatic imine (C=N–C) groups is 1. The van der Waals surface area contributed by atoms with Crippen molar-refractivity contribution in [3.63, 3.8) is 0 Å². The molecule has 1 aliphatic carbocycles. The highest BCUT2D eigenvalue weighted by atomic mass is 14.7. The Morgan fingerprint density at radius 1 is 1.07 bits per heavy atom. The lowest BCUT2D eigenvalue weighted by Gasteiger charge is -2.07. The van der Waals surface area contributed by atoms with Gasteiger partial charge in [-0.15, -0.1) is 0 Å². The van der Waals surface area contributed by atoms with Crippen LogP contribution in [0.25, 0.3) is 0 Å². The molecule has 0 saturated carbocycles. The summed E-state index contributed by atoms with van der Waals surface area (Å²) in [5, 5.41) is 0. The second kappa shape index (κ2) is 4.74. The molecular formula is C14H15N. The summed E-state index contributed by atoms with van der Waals surface area (Å²) >= 11 is 0. The van der Waals surface area contributed by atoms with E-state index in [0.717, 1.165) is 18.4 Å². The third-order valence-electron chi connectivity index (χ3n) is 2.51. The van der Waals surface area contributed by atoms with E-state index in [-0.39, 0.29) is 0 Å². The Morgan fingerprint density at radius 3 is 2.53 bits per heavy atom. The van der Waals surface area contributed by atoms with Crippen LogP contribution in [0.5, 0.6) is 0 Å². The average molecular weight is 197 g/mol. The van der Waals surface area contributed by atoms with Gasteiger partial charge in [0.05, 0.1) is 0 Å². The maximum Gasteiger partial charge on any atom is 0.0407 e. The van der Waals surface area contributed by atoms with Crippen molar-refractivity contribution in [2.45, 2.75) is 19.8 Å². The highest BCUT2D eigenvalue weighted by Crippen LogP contribution is 2.18. The van der Waals surface area contributed by atoms with Crippen LogP contribution in [0.2, 0.25) is 0 Å². The molecule has 15 heavy (non-hydrogen) atoms. The summed E-state index contributed by atoms with van der Waals surface area (Å²) in [6.07, 6.45) is 8.39. The summed E-state index contributed by atoms with van der Waals surface area (Å²) in [5.74, 6) is 0. The van der Waals surface area contributed by atoms with Crippen molar-refractivity contribution >= 4 is 6.21 Å². The van der Waals surface area contributed by atoms with Gasteiger partial charge in [0.15, 0.2) is 0 Å². The molecule has 0 heterocycles. The summed E-state index contributed by atoms with van der Waals surface area (Å²) < 4.78 is 0. The summed E-state index contributed by atoms with van der Waals surface area (Å²) in [6, 6.07) is 10.2. The number of hydrogen-bond donors (Lipinski definition) is 0. The zero-order valence-corrected chi connectivity index (χ0v) is 8.98. The lowest BCUT2D eigenvalue weighted by Crippen LogP contribution is -1.89. The first-order chi connectivity index (χ1) is 7.34. The SMILES string of the molecule is CC1=CC=C(N=Cc2ccccc2)CC1. The molecule has 0 aromatic heterocycles. The molecule has 1 aromatic rings. The van der Waals surface area contributed by atoms with E-state index >= 15 is 0 Å². The van der Waals surface area contributed by atoms with Crippen molar-refractivity contribution in [3.05, 3.63) is 59.3 Å². The van der Waals surface area contributed by atoms with Gasteiger partial charge >= 0.3 is 0 Å². The van der Waals surface area contributed by atoms with Crippen molar-refractivity contribution < 1.29 is 0 Å². The Labute approximate surface area is 90.9 Å². The fraction of sp³-hybridized carbons (Fsp3) is 0.214. The van der Waals surface area contributed by atoms with Crippen LogP contribution in [0, 0.1) is 0 Å². The van der Waals surface area contributed by atoms with E-state index in [1.54, 1.807) is 0 Å². The van der Waals surface area contributed by atoms with E-state index in [1.807, 2.05) is 24.4 Å². The maximum absolute atomic E-state index is 4.48. The largest absolute Gasteiger partial charge is 0.261 e. The van der Waals surface area contributed by atoms with Gasteiger partial charge in [0, 0.05) is 11.9 Å². The molecule has 1 aliphatic rings. The van der Waals surface area contributed by atoms with Gasteiger partial charge in [0.1, 0.15) is 0 Å². The molecule has 0 amide bonds. The zero-order valence-electron chi connectivity index (χ0n) is 8.98. The standard InChI is InChI=1S/C14H15N/c1-12-7-9-14(10-8-12)15-11-13-5-3-2-4-6-13/h2-7,9,11H,8,10H2,1H3. The topological polar surface area (TPSA) is 12.4 Å². The molecule has 76 valence electrons. The predicted octanol–water partition coefficient (Wildman–Crippen LogP) is 3.73. The second-order valence-electron chi connectivity index (χ2n) is 3.84. The van der Waals surface area contributed by atoms with Gasteiger partial charge in [-0.05, 0) is 31.4 Å². The van der Waals surface area contributed by atoms with Crippen LogP contribution < -0.4 is 0 Å². The maximum atomic E-state index is 4.48. The molecule has 1 nitrogen and oxygen atoms in total. The summed E-state index contributed by atoms with van der Waals surface area (Å²) in [4.78, 5) is 4.48. The van der Waals surface area contributed by atoms with Crippen molar-refractivity contribution in [1.29, 1.82) is 0 Å². The monoisotopic (exact) mass is 197 g/mol. The quantitative estimate of drug-likeness (QED) is 0.640. The molecule has 0 unspecified atom stereocenters. The Morgan fingerprint density at radius 2 is 1.87 bits per heavy atom. The Bertz CT molecular complexity index is 410. The predicted molar refractivity (Wildman–Crippen MR) is 65.1 cm³/mol. The number of allylic oxidation sites excluding steroid dienone is 4. The third kappa shape index (κ3) is 2.91. The number of hydrogen-bond acceptors (Lipinski definition) is 1. The molecule has 0 bridgehead atoms. The Balaban J connectivity index is 2.07. The third-order valence-corrected chi connectivity index (χ3v) is 2.51. The molecule has 1 aromatic carbocycles. The summed E-state index contributed by atoms with van der Waals surface area (Å²) in [5.41, 5.74) is 3.77. The van der Waals surface area contributed by atoms with Gasteiger partial charge in [0.2, 0.25) is 0 Å². The van der Waals surface area contributed by atoms with Gasteiger partial charge in [0.25, 0.3) is 0 Å². The normalized spacial score (nSPS) is 16.3. The van der Waals surface area contributed by atoms with E-state index in [4.69, 9.17) is 0 Å². The van der Waals surface area contributed by atoms with Crippen molar-refractivity contribution in [2.24, 2.45) is 4.99 Å². The van der Waals surface area contributed by atoms with E-state index in [9.17, 15) is 0 Å². The van der Waals surface area contributed by atoms with Gasteiger partial charge in [-0.2, -0.15) is 0 Å². The lowest BCUT2D eigenvalue weighted by molar-refractivity contribution is 0.894. The van der Waals surface area contributed by atoms with Crippen LogP contribution in [-0.2, 0) is 0 Å². The molecular weight excluding hydrogens is 182 g/mol.